The molecule has 4 rings (SSSR count). The number of nitrogens with zero attached hydrogens (tertiary/aromatic N) is 4. The van der Waals surface area contributed by atoms with Crippen LogP contribution in [0.2, 0.25) is 10.0 Å². The average molecular weight is 417 g/mol. The number of aryl methyl sites for hydroxylation is 2. The van der Waals surface area contributed by atoms with E-state index in [-0.39, 0.29) is 11.8 Å². The summed E-state index contributed by atoms with van der Waals surface area (Å²) < 4.78 is 2.83. The van der Waals surface area contributed by atoms with Gasteiger partial charge in [-0.25, -0.2) is 9.36 Å². The third kappa shape index (κ3) is 4.65. The lowest BCUT2D eigenvalue weighted by atomic mass is 10.2. The van der Waals surface area contributed by atoms with Crippen molar-refractivity contribution in [2.24, 2.45) is 14.1 Å². The van der Waals surface area contributed by atoms with Gasteiger partial charge < -0.3 is 10.2 Å². The quantitative estimate of drug-likeness (QED) is 0.487. The molecule has 0 saturated heterocycles. The Hall–Kier alpha value is -2.96. The molecule has 0 saturated carbocycles. The summed E-state index contributed by atoms with van der Waals surface area (Å²) in [5.74, 6) is 0.278. The van der Waals surface area contributed by atoms with Crippen LogP contribution in [0.1, 0.15) is 0 Å². The molecular weight excluding hydrogens is 399 g/mol. The number of aromatic hydroxyl groups is 2. The van der Waals surface area contributed by atoms with Crippen LogP contribution in [0.15, 0.2) is 60.7 Å². The number of halogens is 2. The van der Waals surface area contributed by atoms with Gasteiger partial charge in [0.25, 0.3) is 0 Å². The Morgan fingerprint density at radius 1 is 0.679 bits per heavy atom. The molecule has 0 unspecified atom stereocenters. The zero-order valence-electron chi connectivity index (χ0n) is 15.2. The molecule has 0 aliphatic heterocycles. The Bertz CT molecular complexity index is 979. The molecule has 2 aromatic carbocycles. The van der Waals surface area contributed by atoms with E-state index in [0.717, 1.165) is 11.1 Å². The molecule has 0 amide bonds. The molecule has 0 atom stereocenters. The van der Waals surface area contributed by atoms with Gasteiger partial charge in [0.15, 0.2) is 0 Å². The van der Waals surface area contributed by atoms with E-state index in [1.165, 1.54) is 9.36 Å². The van der Waals surface area contributed by atoms with Crippen molar-refractivity contribution in [1.82, 2.24) is 19.6 Å². The van der Waals surface area contributed by atoms with Crippen LogP contribution in [-0.4, -0.2) is 29.8 Å². The van der Waals surface area contributed by atoms with Gasteiger partial charge in [0.05, 0.1) is 11.4 Å². The minimum Gasteiger partial charge on any atom is -0.493 e. The highest BCUT2D eigenvalue weighted by Gasteiger charge is 2.06. The molecule has 0 bridgehead atoms. The molecule has 6 nitrogen and oxygen atoms in total. The molecule has 0 aliphatic carbocycles. The van der Waals surface area contributed by atoms with Crippen LogP contribution < -0.4 is 0 Å². The first-order chi connectivity index (χ1) is 13.3. The summed E-state index contributed by atoms with van der Waals surface area (Å²) in [6.07, 6.45) is 0. The molecule has 2 heterocycles. The van der Waals surface area contributed by atoms with E-state index in [9.17, 15) is 10.2 Å². The second-order valence-corrected chi connectivity index (χ2v) is 6.92. The second kappa shape index (κ2) is 8.37. The Kier molecular flexibility index (Phi) is 5.92. The Morgan fingerprint density at radius 3 is 1.36 bits per heavy atom. The van der Waals surface area contributed by atoms with Gasteiger partial charge in [-0.05, 0) is 24.3 Å². The first-order valence-electron chi connectivity index (χ1n) is 8.31. The van der Waals surface area contributed by atoms with E-state index in [1.54, 1.807) is 38.4 Å². The predicted molar refractivity (Wildman–Crippen MR) is 111 cm³/mol. The molecule has 28 heavy (non-hydrogen) atoms. The minimum absolute atomic E-state index is 0.139. The lowest BCUT2D eigenvalue weighted by Gasteiger charge is -1.95. The number of hydrogen-bond acceptors (Lipinski definition) is 4. The van der Waals surface area contributed by atoms with Gasteiger partial charge in [0.1, 0.15) is 0 Å². The van der Waals surface area contributed by atoms with Crippen LogP contribution in [0, 0.1) is 0 Å². The Morgan fingerprint density at radius 2 is 1.07 bits per heavy atom. The topological polar surface area (TPSA) is 76.1 Å². The highest BCUT2D eigenvalue weighted by atomic mass is 35.5. The summed E-state index contributed by atoms with van der Waals surface area (Å²) in [5, 5.41) is 28.3. The van der Waals surface area contributed by atoms with Crippen molar-refractivity contribution in [2.75, 3.05) is 0 Å². The van der Waals surface area contributed by atoms with Gasteiger partial charge >= 0.3 is 0 Å². The zero-order chi connectivity index (χ0) is 20.3. The van der Waals surface area contributed by atoms with Crippen molar-refractivity contribution in [3.8, 4) is 34.3 Å². The summed E-state index contributed by atoms with van der Waals surface area (Å²) in [6.45, 7) is 0. The number of rotatable bonds is 2. The van der Waals surface area contributed by atoms with Crippen molar-refractivity contribution in [3.05, 3.63) is 70.7 Å². The van der Waals surface area contributed by atoms with Gasteiger partial charge in [-0.1, -0.05) is 47.5 Å². The summed E-state index contributed by atoms with van der Waals surface area (Å²) in [4.78, 5) is 0. The molecule has 2 N–H and O–H groups in total. The van der Waals surface area contributed by atoms with Crippen LogP contribution >= 0.6 is 23.2 Å². The average Bonchev–Trinajstić information content (AvgIpc) is 3.18. The number of benzene rings is 2. The molecular formula is C20H18Cl2N4O2. The lowest BCUT2D eigenvalue weighted by molar-refractivity contribution is 0.419. The van der Waals surface area contributed by atoms with E-state index in [4.69, 9.17) is 23.2 Å². The van der Waals surface area contributed by atoms with Crippen LogP contribution in [0.4, 0.5) is 0 Å². The highest BCUT2D eigenvalue weighted by molar-refractivity contribution is 6.31. The maximum Gasteiger partial charge on any atom is 0.209 e. The number of hydrogen-bond donors (Lipinski definition) is 2. The van der Waals surface area contributed by atoms with Crippen molar-refractivity contribution in [1.29, 1.82) is 0 Å². The molecule has 0 spiro atoms. The van der Waals surface area contributed by atoms with E-state index < -0.39 is 0 Å². The molecule has 0 fully saturated rings. The minimum atomic E-state index is 0.139. The first kappa shape index (κ1) is 19.8. The van der Waals surface area contributed by atoms with Gasteiger partial charge in [-0.2, -0.15) is 10.2 Å². The van der Waals surface area contributed by atoms with Crippen LogP contribution in [0.25, 0.3) is 22.5 Å². The lowest BCUT2D eigenvalue weighted by Crippen LogP contribution is -1.89. The van der Waals surface area contributed by atoms with E-state index in [1.807, 2.05) is 36.4 Å². The van der Waals surface area contributed by atoms with Gasteiger partial charge in [-0.15, -0.1) is 0 Å². The van der Waals surface area contributed by atoms with Crippen LogP contribution in [0.3, 0.4) is 0 Å². The molecule has 0 aliphatic rings. The molecule has 0 radical (unpaired) electrons. The third-order valence-electron chi connectivity index (χ3n) is 3.95. The second-order valence-electron chi connectivity index (χ2n) is 6.04. The van der Waals surface area contributed by atoms with Crippen molar-refractivity contribution >= 4 is 23.2 Å². The summed E-state index contributed by atoms with van der Waals surface area (Å²) in [5.41, 5.74) is 3.22. The Balaban J connectivity index is 0.000000161. The van der Waals surface area contributed by atoms with Gasteiger partial charge in [0, 0.05) is 47.4 Å². The normalized spacial score (nSPS) is 10.4. The SMILES string of the molecule is Cn1nc(-c2cccc(Cl)c2)cc1O.Cn1nc(-c2cccc(Cl)c2)cc1O. The maximum atomic E-state index is 9.34. The standard InChI is InChI=1S/2C10H9ClN2O/c2*1-13-10(14)6-9(12-13)7-3-2-4-8(11)5-7/h2*2-6,14H,1H3. The fourth-order valence-corrected chi connectivity index (χ4v) is 2.87. The molecule has 2 aromatic heterocycles. The first-order valence-corrected chi connectivity index (χ1v) is 9.07. The fraction of sp³-hybridized carbons (Fsp3) is 0.100. The van der Waals surface area contributed by atoms with Crippen LogP contribution in [-0.2, 0) is 14.1 Å². The Labute approximate surface area is 172 Å². The summed E-state index contributed by atoms with van der Waals surface area (Å²) >= 11 is 11.7. The predicted octanol–water partition coefficient (Wildman–Crippen LogP) is 4.89. The third-order valence-corrected chi connectivity index (χ3v) is 4.42. The van der Waals surface area contributed by atoms with Crippen LogP contribution in [0.5, 0.6) is 11.8 Å². The summed E-state index contributed by atoms with van der Waals surface area (Å²) in [6, 6.07) is 17.9. The highest BCUT2D eigenvalue weighted by Crippen LogP contribution is 2.25. The van der Waals surface area contributed by atoms with Crippen molar-refractivity contribution in [2.45, 2.75) is 0 Å². The van der Waals surface area contributed by atoms with E-state index in [2.05, 4.69) is 10.2 Å². The monoisotopic (exact) mass is 416 g/mol. The van der Waals surface area contributed by atoms with E-state index >= 15 is 0 Å². The zero-order valence-corrected chi connectivity index (χ0v) is 16.7. The van der Waals surface area contributed by atoms with Crippen molar-refractivity contribution < 1.29 is 10.2 Å². The van der Waals surface area contributed by atoms with Crippen molar-refractivity contribution in [3.63, 3.8) is 0 Å². The number of aromatic nitrogens is 4. The van der Waals surface area contributed by atoms with E-state index in [0.29, 0.717) is 21.4 Å². The molecule has 144 valence electrons. The van der Waals surface area contributed by atoms with Gasteiger partial charge in [-0.3, -0.25) is 0 Å². The maximum absolute atomic E-state index is 9.34. The smallest absolute Gasteiger partial charge is 0.209 e. The molecule has 4 aromatic rings. The largest absolute Gasteiger partial charge is 0.493 e. The summed E-state index contributed by atoms with van der Waals surface area (Å²) in [7, 11) is 3.37. The van der Waals surface area contributed by atoms with Gasteiger partial charge in [0.2, 0.25) is 11.8 Å². The fourth-order valence-electron chi connectivity index (χ4n) is 2.49. The molecule has 8 heteroatoms.